The average molecular weight is 328 g/mol. The number of carbonyl (C=O) groups excluding carboxylic acids is 1. The lowest BCUT2D eigenvalue weighted by Crippen LogP contribution is -2.16. The van der Waals surface area contributed by atoms with E-state index in [0.29, 0.717) is 24.7 Å². The summed E-state index contributed by atoms with van der Waals surface area (Å²) in [5, 5.41) is 3.79. The molecule has 0 aliphatic heterocycles. The van der Waals surface area contributed by atoms with Crippen LogP contribution >= 0.6 is 0 Å². The number of hydrogen-bond donors (Lipinski definition) is 1. The first-order chi connectivity index (χ1) is 11.7. The number of methoxy groups -OCH3 is 1. The number of nitrogens with zero attached hydrogens (tertiary/aromatic N) is 1. The van der Waals surface area contributed by atoms with Gasteiger partial charge in [-0.15, -0.1) is 0 Å². The van der Waals surface area contributed by atoms with E-state index >= 15 is 0 Å². The molecule has 0 aliphatic rings. The zero-order valence-corrected chi connectivity index (χ0v) is 13.7. The lowest BCUT2D eigenvalue weighted by molar-refractivity contribution is 0.171. The number of rotatable bonds is 7. The van der Waals surface area contributed by atoms with E-state index in [0.717, 1.165) is 11.1 Å². The molecule has 24 heavy (non-hydrogen) atoms. The molecule has 0 radical (unpaired) electrons. The summed E-state index contributed by atoms with van der Waals surface area (Å²) in [4.78, 5) is 11.0. The summed E-state index contributed by atoms with van der Waals surface area (Å²) in [5.41, 5.74) is 4.07. The molecule has 0 unspecified atom stereocenters. The van der Waals surface area contributed by atoms with Gasteiger partial charge in [0.25, 0.3) is 0 Å². The van der Waals surface area contributed by atoms with Crippen molar-refractivity contribution in [1.82, 2.24) is 5.43 Å². The van der Waals surface area contributed by atoms with Crippen LogP contribution in [0.25, 0.3) is 0 Å². The normalized spacial score (nSPS) is 10.4. The van der Waals surface area contributed by atoms with E-state index in [9.17, 15) is 4.79 Å². The maximum absolute atomic E-state index is 11.0. The highest BCUT2D eigenvalue weighted by Gasteiger charge is 2.06. The van der Waals surface area contributed by atoms with Crippen LogP contribution in [0.4, 0.5) is 4.79 Å². The molecule has 2 rings (SSSR count). The minimum absolute atomic E-state index is 0.457. The highest BCUT2D eigenvalue weighted by atomic mass is 16.5. The van der Waals surface area contributed by atoms with Crippen molar-refractivity contribution >= 4 is 12.3 Å². The third kappa shape index (κ3) is 5.31. The maximum atomic E-state index is 11.0. The summed E-state index contributed by atoms with van der Waals surface area (Å²) in [7, 11) is 1.27. The van der Waals surface area contributed by atoms with Gasteiger partial charge in [-0.2, -0.15) is 5.10 Å². The lowest BCUT2D eigenvalue weighted by atomic mass is 10.2. The van der Waals surface area contributed by atoms with Gasteiger partial charge in [-0.05, 0) is 36.2 Å². The minimum atomic E-state index is -0.626. The lowest BCUT2D eigenvalue weighted by Gasteiger charge is -2.12. The van der Waals surface area contributed by atoms with Gasteiger partial charge in [-0.25, -0.2) is 10.2 Å². The third-order valence-electron chi connectivity index (χ3n) is 3.06. The van der Waals surface area contributed by atoms with Gasteiger partial charge >= 0.3 is 6.09 Å². The van der Waals surface area contributed by atoms with Crippen molar-refractivity contribution in [2.24, 2.45) is 5.10 Å². The predicted molar refractivity (Wildman–Crippen MR) is 91.5 cm³/mol. The average Bonchev–Trinajstić information content (AvgIpc) is 2.62. The number of carbonyl (C=O) groups is 1. The van der Waals surface area contributed by atoms with Crippen LogP contribution in [0.1, 0.15) is 18.1 Å². The number of benzene rings is 2. The smallest absolute Gasteiger partial charge is 0.427 e. The van der Waals surface area contributed by atoms with Crippen molar-refractivity contribution in [2.45, 2.75) is 13.5 Å². The van der Waals surface area contributed by atoms with E-state index in [4.69, 9.17) is 9.47 Å². The molecule has 0 saturated heterocycles. The van der Waals surface area contributed by atoms with Crippen LogP contribution in [-0.2, 0) is 11.3 Å². The number of hydrogen-bond acceptors (Lipinski definition) is 5. The first-order valence-electron chi connectivity index (χ1n) is 7.53. The zero-order valence-electron chi connectivity index (χ0n) is 13.7. The second-order valence-corrected chi connectivity index (χ2v) is 4.78. The Morgan fingerprint density at radius 1 is 1.12 bits per heavy atom. The van der Waals surface area contributed by atoms with Gasteiger partial charge in [-0.1, -0.05) is 30.3 Å². The Bertz CT molecular complexity index is 687. The van der Waals surface area contributed by atoms with E-state index in [2.05, 4.69) is 15.3 Å². The van der Waals surface area contributed by atoms with Crippen molar-refractivity contribution in [1.29, 1.82) is 0 Å². The molecular weight excluding hydrogens is 308 g/mol. The summed E-state index contributed by atoms with van der Waals surface area (Å²) in [6, 6.07) is 15.3. The largest absolute Gasteiger partial charge is 0.490 e. The van der Waals surface area contributed by atoms with Gasteiger partial charge < -0.3 is 14.2 Å². The Labute approximate surface area is 141 Å². The zero-order chi connectivity index (χ0) is 17.2. The van der Waals surface area contributed by atoms with Crippen LogP contribution in [0.15, 0.2) is 53.6 Å². The van der Waals surface area contributed by atoms with Gasteiger partial charge in [0.1, 0.15) is 6.61 Å². The Morgan fingerprint density at radius 2 is 1.92 bits per heavy atom. The summed E-state index contributed by atoms with van der Waals surface area (Å²) >= 11 is 0. The molecule has 126 valence electrons. The molecule has 6 heteroatoms. The van der Waals surface area contributed by atoms with Crippen LogP contribution in [0, 0.1) is 0 Å². The SMILES string of the molecule is CCOc1cc(/C=N\NC(=O)OC)ccc1OCc1ccccc1. The first kappa shape index (κ1) is 17.3. The van der Waals surface area contributed by atoms with Crippen LogP contribution in [0.2, 0.25) is 0 Å². The number of ether oxygens (including phenoxy) is 3. The summed E-state index contributed by atoms with van der Waals surface area (Å²) < 4.78 is 15.9. The second kappa shape index (κ2) is 9.19. The van der Waals surface area contributed by atoms with Crippen LogP contribution in [-0.4, -0.2) is 26.0 Å². The van der Waals surface area contributed by atoms with Crippen molar-refractivity contribution in [2.75, 3.05) is 13.7 Å². The first-order valence-corrected chi connectivity index (χ1v) is 7.53. The molecule has 2 aromatic rings. The monoisotopic (exact) mass is 328 g/mol. The van der Waals surface area contributed by atoms with Gasteiger partial charge in [-0.3, -0.25) is 0 Å². The molecule has 0 atom stereocenters. The van der Waals surface area contributed by atoms with E-state index in [-0.39, 0.29) is 0 Å². The molecule has 0 spiro atoms. The summed E-state index contributed by atoms with van der Waals surface area (Å²) in [6.45, 7) is 2.88. The van der Waals surface area contributed by atoms with Crippen LogP contribution in [0.5, 0.6) is 11.5 Å². The minimum Gasteiger partial charge on any atom is -0.490 e. The summed E-state index contributed by atoms with van der Waals surface area (Å²) in [5.74, 6) is 1.27. The molecule has 1 amide bonds. The van der Waals surface area contributed by atoms with Crippen LogP contribution < -0.4 is 14.9 Å². The van der Waals surface area contributed by atoms with E-state index in [1.165, 1.54) is 13.3 Å². The fourth-order valence-corrected chi connectivity index (χ4v) is 1.93. The molecule has 0 fully saturated rings. The molecular formula is C18H20N2O4. The maximum Gasteiger partial charge on any atom is 0.427 e. The Kier molecular flexibility index (Phi) is 6.64. The molecule has 0 aromatic heterocycles. The topological polar surface area (TPSA) is 69.2 Å². The molecule has 2 aromatic carbocycles. The fraction of sp³-hybridized carbons (Fsp3) is 0.222. The van der Waals surface area contributed by atoms with Gasteiger partial charge in [0.05, 0.1) is 19.9 Å². The van der Waals surface area contributed by atoms with Gasteiger partial charge in [0, 0.05) is 0 Å². The molecule has 0 saturated carbocycles. The number of nitrogens with one attached hydrogen (secondary N) is 1. The Hall–Kier alpha value is -3.02. The number of hydrazone groups is 1. The third-order valence-corrected chi connectivity index (χ3v) is 3.06. The molecule has 0 heterocycles. The number of amides is 1. The van der Waals surface area contributed by atoms with Gasteiger partial charge in [0.2, 0.25) is 0 Å². The van der Waals surface area contributed by atoms with Crippen LogP contribution in [0.3, 0.4) is 0 Å². The van der Waals surface area contributed by atoms with E-state index < -0.39 is 6.09 Å². The predicted octanol–water partition coefficient (Wildman–Crippen LogP) is 3.35. The van der Waals surface area contributed by atoms with Gasteiger partial charge in [0.15, 0.2) is 11.5 Å². The van der Waals surface area contributed by atoms with Crippen molar-refractivity contribution in [3.63, 3.8) is 0 Å². The second-order valence-electron chi connectivity index (χ2n) is 4.78. The summed E-state index contributed by atoms with van der Waals surface area (Å²) in [6.07, 6.45) is 0.875. The quantitative estimate of drug-likeness (QED) is 0.625. The molecule has 0 bridgehead atoms. The Balaban J connectivity index is 2.06. The highest BCUT2D eigenvalue weighted by molar-refractivity contribution is 5.82. The Morgan fingerprint density at radius 3 is 2.62 bits per heavy atom. The standard InChI is InChI=1S/C18H20N2O4/c1-3-23-17-11-15(12-19-20-18(21)22-2)9-10-16(17)24-13-14-7-5-4-6-8-14/h4-12H,3,13H2,1-2H3,(H,20,21)/b19-12-. The molecule has 1 N–H and O–H groups in total. The fourth-order valence-electron chi connectivity index (χ4n) is 1.93. The molecule has 6 nitrogen and oxygen atoms in total. The van der Waals surface area contributed by atoms with E-state index in [1.54, 1.807) is 6.07 Å². The van der Waals surface area contributed by atoms with Crippen molar-refractivity contribution in [3.8, 4) is 11.5 Å². The van der Waals surface area contributed by atoms with E-state index in [1.807, 2.05) is 49.4 Å². The highest BCUT2D eigenvalue weighted by Crippen LogP contribution is 2.28. The van der Waals surface area contributed by atoms with Crippen molar-refractivity contribution in [3.05, 3.63) is 59.7 Å². The van der Waals surface area contributed by atoms with Crippen molar-refractivity contribution < 1.29 is 19.0 Å². The molecule has 0 aliphatic carbocycles.